The van der Waals surface area contributed by atoms with E-state index in [1.807, 2.05) is 0 Å². The van der Waals surface area contributed by atoms with Gasteiger partial charge in [0.1, 0.15) is 5.82 Å². The van der Waals surface area contributed by atoms with Gasteiger partial charge in [0.25, 0.3) is 0 Å². The molecule has 0 bridgehead atoms. The summed E-state index contributed by atoms with van der Waals surface area (Å²) in [7, 11) is 1.63. The zero-order chi connectivity index (χ0) is 15.4. The number of hydrogen-bond donors (Lipinski definition) is 1. The standard InChI is InChI=1S/C15H17FN2O3/c1-10-6-13(15(19)20)12(7-14(10)16)11-8-17-18(9-11)4-3-5-21-2/h6-9H,3-5H2,1-2H3,(H,19,20). The van der Waals surface area contributed by atoms with E-state index in [4.69, 9.17) is 4.74 Å². The van der Waals surface area contributed by atoms with Crippen LogP contribution in [0.15, 0.2) is 24.5 Å². The van der Waals surface area contributed by atoms with E-state index in [1.54, 1.807) is 31.1 Å². The van der Waals surface area contributed by atoms with E-state index in [-0.39, 0.29) is 5.56 Å². The van der Waals surface area contributed by atoms with Crippen molar-refractivity contribution in [2.45, 2.75) is 19.9 Å². The lowest BCUT2D eigenvalue weighted by Crippen LogP contribution is -2.02. The lowest BCUT2D eigenvalue weighted by atomic mass is 10.00. The second kappa shape index (κ2) is 6.49. The SMILES string of the molecule is COCCCn1cc(-c2cc(F)c(C)cc2C(=O)O)cn1. The molecule has 112 valence electrons. The van der Waals surface area contributed by atoms with E-state index in [0.717, 1.165) is 6.42 Å². The van der Waals surface area contributed by atoms with Gasteiger partial charge in [0.15, 0.2) is 0 Å². The third-order valence-electron chi connectivity index (χ3n) is 3.21. The fraction of sp³-hybridized carbons (Fsp3) is 0.333. The van der Waals surface area contributed by atoms with Crippen LogP contribution in [-0.4, -0.2) is 34.6 Å². The van der Waals surface area contributed by atoms with Gasteiger partial charge in [0.2, 0.25) is 0 Å². The number of carbonyl (C=O) groups is 1. The fourth-order valence-electron chi connectivity index (χ4n) is 2.09. The van der Waals surface area contributed by atoms with Crippen LogP contribution >= 0.6 is 0 Å². The Kier molecular flexibility index (Phi) is 4.70. The Bertz CT molecular complexity index is 652. The first kappa shape index (κ1) is 15.2. The van der Waals surface area contributed by atoms with Crippen molar-refractivity contribution in [2.24, 2.45) is 0 Å². The van der Waals surface area contributed by atoms with Gasteiger partial charge in [-0.1, -0.05) is 0 Å². The van der Waals surface area contributed by atoms with Crippen molar-refractivity contribution in [3.05, 3.63) is 41.5 Å². The summed E-state index contributed by atoms with van der Waals surface area (Å²) in [4.78, 5) is 11.3. The maximum Gasteiger partial charge on any atom is 0.336 e. The lowest BCUT2D eigenvalue weighted by Gasteiger charge is -2.06. The van der Waals surface area contributed by atoms with Crippen molar-refractivity contribution in [1.29, 1.82) is 0 Å². The molecule has 0 atom stereocenters. The van der Waals surface area contributed by atoms with Gasteiger partial charge in [-0.2, -0.15) is 5.10 Å². The Morgan fingerprint density at radius 1 is 1.48 bits per heavy atom. The maximum absolute atomic E-state index is 13.7. The van der Waals surface area contributed by atoms with Crippen molar-refractivity contribution in [3.8, 4) is 11.1 Å². The van der Waals surface area contributed by atoms with Crippen molar-refractivity contribution in [1.82, 2.24) is 9.78 Å². The van der Waals surface area contributed by atoms with E-state index in [9.17, 15) is 14.3 Å². The predicted molar refractivity (Wildman–Crippen MR) is 75.8 cm³/mol. The van der Waals surface area contributed by atoms with Crippen LogP contribution in [0.1, 0.15) is 22.3 Å². The van der Waals surface area contributed by atoms with Crippen LogP contribution in [0, 0.1) is 12.7 Å². The Balaban J connectivity index is 2.33. The number of carboxylic acids is 1. The number of methoxy groups -OCH3 is 1. The van der Waals surface area contributed by atoms with E-state index in [1.165, 1.54) is 12.1 Å². The number of hydrogen-bond acceptors (Lipinski definition) is 3. The number of halogens is 1. The third-order valence-corrected chi connectivity index (χ3v) is 3.21. The zero-order valence-electron chi connectivity index (χ0n) is 12.0. The van der Waals surface area contributed by atoms with Gasteiger partial charge < -0.3 is 9.84 Å². The van der Waals surface area contributed by atoms with E-state index < -0.39 is 11.8 Å². The minimum absolute atomic E-state index is 0.0744. The normalized spacial score (nSPS) is 10.8. The maximum atomic E-state index is 13.7. The number of ether oxygens (including phenoxy) is 1. The van der Waals surface area contributed by atoms with Crippen LogP contribution in [0.25, 0.3) is 11.1 Å². The van der Waals surface area contributed by atoms with Gasteiger partial charge >= 0.3 is 5.97 Å². The molecule has 0 aliphatic heterocycles. The molecule has 0 amide bonds. The van der Waals surface area contributed by atoms with Crippen LogP contribution in [0.4, 0.5) is 4.39 Å². The van der Waals surface area contributed by atoms with Crippen LogP contribution in [0.5, 0.6) is 0 Å². The summed E-state index contributed by atoms with van der Waals surface area (Å²) < 4.78 is 20.4. The van der Waals surface area contributed by atoms with Gasteiger partial charge in [-0.3, -0.25) is 4.68 Å². The van der Waals surface area contributed by atoms with Gasteiger partial charge in [-0.25, -0.2) is 9.18 Å². The second-order valence-corrected chi connectivity index (χ2v) is 4.79. The molecule has 21 heavy (non-hydrogen) atoms. The monoisotopic (exact) mass is 292 g/mol. The number of aromatic carboxylic acids is 1. The predicted octanol–water partition coefficient (Wildman–Crippen LogP) is 2.73. The molecule has 0 aliphatic rings. The first-order valence-electron chi connectivity index (χ1n) is 6.58. The van der Waals surface area contributed by atoms with Crippen LogP contribution < -0.4 is 0 Å². The van der Waals surface area contributed by atoms with E-state index in [0.29, 0.717) is 29.8 Å². The van der Waals surface area contributed by atoms with E-state index in [2.05, 4.69) is 5.10 Å². The molecule has 0 saturated carbocycles. The largest absolute Gasteiger partial charge is 0.478 e. The number of nitrogens with zero attached hydrogens (tertiary/aromatic N) is 2. The summed E-state index contributed by atoms with van der Waals surface area (Å²) in [5.41, 5.74) is 1.31. The van der Waals surface area contributed by atoms with Crippen molar-refractivity contribution >= 4 is 5.97 Å². The van der Waals surface area contributed by atoms with E-state index >= 15 is 0 Å². The van der Waals surface area contributed by atoms with Gasteiger partial charge in [-0.15, -0.1) is 0 Å². The number of benzene rings is 1. The highest BCUT2D eigenvalue weighted by Crippen LogP contribution is 2.26. The molecule has 0 fully saturated rings. The Hall–Kier alpha value is -2.21. The summed E-state index contributed by atoms with van der Waals surface area (Å²) in [5, 5.41) is 13.4. The Labute approximate surface area is 122 Å². The summed E-state index contributed by atoms with van der Waals surface area (Å²) >= 11 is 0. The van der Waals surface area contributed by atoms with Crippen LogP contribution in [0.3, 0.4) is 0 Å². The molecule has 2 aromatic rings. The average molecular weight is 292 g/mol. The van der Waals surface area contributed by atoms with Crippen molar-refractivity contribution in [3.63, 3.8) is 0 Å². The highest BCUT2D eigenvalue weighted by atomic mass is 19.1. The molecule has 5 nitrogen and oxygen atoms in total. The second-order valence-electron chi connectivity index (χ2n) is 4.79. The fourth-order valence-corrected chi connectivity index (χ4v) is 2.09. The summed E-state index contributed by atoms with van der Waals surface area (Å²) in [6, 6.07) is 2.59. The van der Waals surface area contributed by atoms with Gasteiger partial charge in [0, 0.05) is 37.6 Å². The molecule has 1 N–H and O–H groups in total. The highest BCUT2D eigenvalue weighted by molar-refractivity contribution is 5.96. The molecular formula is C15H17FN2O3. The molecular weight excluding hydrogens is 275 g/mol. The number of aromatic nitrogens is 2. The molecule has 2 rings (SSSR count). The Morgan fingerprint density at radius 2 is 2.24 bits per heavy atom. The summed E-state index contributed by atoms with van der Waals surface area (Å²) in [6.45, 7) is 2.82. The first-order valence-corrected chi connectivity index (χ1v) is 6.58. The number of rotatable bonds is 6. The number of carboxylic acid groups (broad SMARTS) is 1. The molecule has 1 aromatic heterocycles. The van der Waals surface area contributed by atoms with Crippen molar-refractivity contribution < 1.29 is 19.0 Å². The zero-order valence-corrected chi connectivity index (χ0v) is 12.0. The molecule has 0 unspecified atom stereocenters. The van der Waals surface area contributed by atoms with Crippen LogP contribution in [0.2, 0.25) is 0 Å². The topological polar surface area (TPSA) is 64.3 Å². The van der Waals surface area contributed by atoms with Gasteiger partial charge in [-0.05, 0) is 31.0 Å². The summed E-state index contributed by atoms with van der Waals surface area (Å²) in [5.74, 6) is -1.51. The minimum Gasteiger partial charge on any atom is -0.478 e. The number of aryl methyl sites for hydroxylation is 2. The first-order chi connectivity index (χ1) is 10.0. The smallest absolute Gasteiger partial charge is 0.336 e. The van der Waals surface area contributed by atoms with Crippen LogP contribution in [-0.2, 0) is 11.3 Å². The molecule has 0 radical (unpaired) electrons. The molecule has 0 saturated heterocycles. The van der Waals surface area contributed by atoms with Gasteiger partial charge in [0.05, 0.1) is 11.8 Å². The third kappa shape index (κ3) is 3.46. The Morgan fingerprint density at radius 3 is 2.90 bits per heavy atom. The quantitative estimate of drug-likeness (QED) is 0.831. The molecule has 1 heterocycles. The van der Waals surface area contributed by atoms with Crippen molar-refractivity contribution in [2.75, 3.05) is 13.7 Å². The molecule has 6 heteroatoms. The molecule has 1 aromatic carbocycles. The molecule has 0 aliphatic carbocycles. The summed E-state index contributed by atoms with van der Waals surface area (Å²) in [6.07, 6.45) is 4.06. The molecule has 0 spiro atoms. The lowest BCUT2D eigenvalue weighted by molar-refractivity contribution is 0.0697. The minimum atomic E-state index is -1.08. The average Bonchev–Trinajstić information content (AvgIpc) is 2.90. The highest BCUT2D eigenvalue weighted by Gasteiger charge is 2.16.